The molecule has 0 aromatic carbocycles. The average Bonchev–Trinajstić information content (AvgIpc) is 2.23. The van der Waals surface area contributed by atoms with E-state index in [1.54, 1.807) is 0 Å². The first-order valence-electron chi connectivity index (χ1n) is 6.64. The molecule has 16 heavy (non-hydrogen) atoms. The van der Waals surface area contributed by atoms with Gasteiger partial charge in [-0.15, -0.1) is 0 Å². The van der Waals surface area contributed by atoms with Gasteiger partial charge in [0.15, 0.2) is 12.4 Å². The molecule has 1 aromatic heterocycles. The van der Waals surface area contributed by atoms with Crippen LogP contribution in [0.25, 0.3) is 0 Å². The van der Waals surface area contributed by atoms with E-state index >= 15 is 0 Å². The summed E-state index contributed by atoms with van der Waals surface area (Å²) in [6, 6.07) is 4.28. The van der Waals surface area contributed by atoms with E-state index < -0.39 is 0 Å². The molecule has 1 nitrogen and oxygen atoms in total. The minimum Gasteiger partial charge on any atom is -0.205 e. The molecular formula is C15H26N+. The van der Waals surface area contributed by atoms with Crippen molar-refractivity contribution in [1.82, 2.24) is 0 Å². The van der Waals surface area contributed by atoms with Crippen LogP contribution in [0.4, 0.5) is 0 Å². The van der Waals surface area contributed by atoms with Crippen molar-refractivity contribution in [3.63, 3.8) is 0 Å². The average molecular weight is 220 g/mol. The molecule has 90 valence electrons. The predicted molar refractivity (Wildman–Crippen MR) is 69.3 cm³/mol. The standard InChI is InChI=1S/C15H26N/c1-14(2)9-6-4-5-7-11-16-12-8-10-15(3)13-16/h8,10,12-14H,4-7,9,11H2,1-3H3/q+1. The van der Waals surface area contributed by atoms with Crippen LogP contribution >= 0.6 is 0 Å². The van der Waals surface area contributed by atoms with Crippen molar-refractivity contribution in [3.8, 4) is 0 Å². The van der Waals surface area contributed by atoms with Crippen molar-refractivity contribution in [2.24, 2.45) is 5.92 Å². The van der Waals surface area contributed by atoms with Gasteiger partial charge in [0.25, 0.3) is 0 Å². The molecule has 0 fully saturated rings. The zero-order valence-electron chi connectivity index (χ0n) is 11.1. The van der Waals surface area contributed by atoms with Gasteiger partial charge in [0.2, 0.25) is 0 Å². The van der Waals surface area contributed by atoms with Crippen LogP contribution in [-0.2, 0) is 6.54 Å². The summed E-state index contributed by atoms with van der Waals surface area (Å²) in [5.41, 5.74) is 1.35. The van der Waals surface area contributed by atoms with Crippen LogP contribution in [-0.4, -0.2) is 0 Å². The molecule has 0 aliphatic carbocycles. The Morgan fingerprint density at radius 3 is 2.56 bits per heavy atom. The van der Waals surface area contributed by atoms with E-state index in [2.05, 4.69) is 49.9 Å². The van der Waals surface area contributed by atoms with Crippen LogP contribution in [0.3, 0.4) is 0 Å². The van der Waals surface area contributed by atoms with Crippen molar-refractivity contribution >= 4 is 0 Å². The molecule has 1 heterocycles. The van der Waals surface area contributed by atoms with E-state index in [9.17, 15) is 0 Å². The SMILES string of the molecule is Cc1ccc[n+](CCCCCCC(C)C)c1. The lowest BCUT2D eigenvalue weighted by Crippen LogP contribution is -2.32. The minimum atomic E-state index is 0.867. The van der Waals surface area contributed by atoms with Gasteiger partial charge in [0.1, 0.15) is 6.54 Å². The molecule has 0 amide bonds. The maximum atomic E-state index is 2.31. The fraction of sp³-hybridized carbons (Fsp3) is 0.667. The smallest absolute Gasteiger partial charge is 0.171 e. The Hall–Kier alpha value is -0.850. The maximum absolute atomic E-state index is 2.31. The molecule has 0 unspecified atom stereocenters. The number of hydrogen-bond donors (Lipinski definition) is 0. The minimum absolute atomic E-state index is 0.867. The summed E-state index contributed by atoms with van der Waals surface area (Å²) in [4.78, 5) is 0. The Balaban J connectivity index is 2.07. The van der Waals surface area contributed by atoms with Crippen LogP contribution in [0.15, 0.2) is 24.5 Å². The van der Waals surface area contributed by atoms with Crippen LogP contribution in [0.5, 0.6) is 0 Å². The highest BCUT2D eigenvalue weighted by Gasteiger charge is 2.00. The van der Waals surface area contributed by atoms with Crippen LogP contribution in [0.2, 0.25) is 0 Å². The van der Waals surface area contributed by atoms with Crippen molar-refractivity contribution in [2.75, 3.05) is 0 Å². The summed E-state index contributed by atoms with van der Waals surface area (Å²) >= 11 is 0. The zero-order chi connectivity index (χ0) is 11.8. The third kappa shape index (κ3) is 5.89. The zero-order valence-corrected chi connectivity index (χ0v) is 11.1. The number of rotatable bonds is 7. The van der Waals surface area contributed by atoms with Gasteiger partial charge in [0.05, 0.1) is 0 Å². The molecule has 1 rings (SSSR count). The lowest BCUT2D eigenvalue weighted by molar-refractivity contribution is -0.697. The normalized spacial score (nSPS) is 11.0. The third-order valence-electron chi connectivity index (χ3n) is 2.95. The maximum Gasteiger partial charge on any atom is 0.171 e. The van der Waals surface area contributed by atoms with Crippen LogP contribution < -0.4 is 4.57 Å². The van der Waals surface area contributed by atoms with Gasteiger partial charge in [-0.1, -0.05) is 33.1 Å². The monoisotopic (exact) mass is 220 g/mol. The largest absolute Gasteiger partial charge is 0.205 e. The van der Waals surface area contributed by atoms with E-state index in [1.807, 2.05) is 0 Å². The summed E-state index contributed by atoms with van der Waals surface area (Å²) in [6.45, 7) is 7.94. The first-order valence-corrected chi connectivity index (χ1v) is 6.64. The van der Waals surface area contributed by atoms with E-state index in [0.717, 1.165) is 5.92 Å². The van der Waals surface area contributed by atoms with Gasteiger partial charge in [-0.3, -0.25) is 0 Å². The summed E-state index contributed by atoms with van der Waals surface area (Å²) in [6.07, 6.45) is 11.3. The number of nitrogens with zero attached hydrogens (tertiary/aromatic N) is 1. The number of aromatic nitrogens is 1. The van der Waals surface area contributed by atoms with E-state index in [0.29, 0.717) is 0 Å². The molecule has 0 spiro atoms. The Morgan fingerprint density at radius 1 is 1.12 bits per heavy atom. The lowest BCUT2D eigenvalue weighted by Gasteiger charge is -2.03. The highest BCUT2D eigenvalue weighted by Crippen LogP contribution is 2.09. The van der Waals surface area contributed by atoms with E-state index in [4.69, 9.17) is 0 Å². The molecule has 0 aliphatic rings. The second-order valence-corrected chi connectivity index (χ2v) is 5.22. The Morgan fingerprint density at radius 2 is 1.88 bits per heavy atom. The number of unbranched alkanes of at least 4 members (excludes halogenated alkanes) is 3. The van der Waals surface area contributed by atoms with Crippen molar-refractivity contribution < 1.29 is 4.57 Å². The van der Waals surface area contributed by atoms with Gasteiger partial charge in [0, 0.05) is 18.1 Å². The number of hydrogen-bond acceptors (Lipinski definition) is 0. The molecule has 0 aliphatic heterocycles. The molecule has 1 aromatic rings. The quantitative estimate of drug-likeness (QED) is 0.485. The van der Waals surface area contributed by atoms with Crippen molar-refractivity contribution in [3.05, 3.63) is 30.1 Å². The van der Waals surface area contributed by atoms with Gasteiger partial charge in [-0.05, 0) is 25.3 Å². The van der Waals surface area contributed by atoms with E-state index in [1.165, 1.54) is 44.2 Å². The molecule has 0 radical (unpaired) electrons. The fourth-order valence-corrected chi connectivity index (χ4v) is 1.99. The van der Waals surface area contributed by atoms with Gasteiger partial charge >= 0.3 is 0 Å². The van der Waals surface area contributed by atoms with Gasteiger partial charge < -0.3 is 0 Å². The molecule has 1 heteroatoms. The Bertz CT molecular complexity index is 291. The summed E-state index contributed by atoms with van der Waals surface area (Å²) in [7, 11) is 0. The van der Waals surface area contributed by atoms with Gasteiger partial charge in [-0.2, -0.15) is 0 Å². The van der Waals surface area contributed by atoms with Crippen LogP contribution in [0.1, 0.15) is 51.5 Å². The number of aryl methyl sites for hydroxylation is 2. The van der Waals surface area contributed by atoms with E-state index in [-0.39, 0.29) is 0 Å². The second-order valence-electron chi connectivity index (χ2n) is 5.22. The summed E-state index contributed by atoms with van der Waals surface area (Å²) in [5.74, 6) is 0.867. The first-order chi connectivity index (χ1) is 7.68. The Kier molecular flexibility index (Phi) is 6.14. The molecule has 0 saturated carbocycles. The first kappa shape index (κ1) is 13.2. The molecular weight excluding hydrogens is 194 g/mol. The number of pyridine rings is 1. The van der Waals surface area contributed by atoms with Gasteiger partial charge in [-0.25, -0.2) is 4.57 Å². The molecule has 0 saturated heterocycles. The predicted octanol–water partition coefficient (Wildman–Crippen LogP) is 3.89. The fourth-order valence-electron chi connectivity index (χ4n) is 1.99. The van der Waals surface area contributed by atoms with Crippen molar-refractivity contribution in [2.45, 2.75) is 59.4 Å². The topological polar surface area (TPSA) is 3.88 Å². The molecule has 0 bridgehead atoms. The third-order valence-corrected chi connectivity index (χ3v) is 2.95. The Labute approximate surface area is 101 Å². The molecule has 0 atom stereocenters. The molecule has 0 N–H and O–H groups in total. The summed E-state index contributed by atoms with van der Waals surface area (Å²) < 4.78 is 2.30. The lowest BCUT2D eigenvalue weighted by atomic mass is 10.0. The van der Waals surface area contributed by atoms with Crippen molar-refractivity contribution in [1.29, 1.82) is 0 Å². The van der Waals surface area contributed by atoms with Crippen LogP contribution in [0, 0.1) is 12.8 Å². The highest BCUT2D eigenvalue weighted by atomic mass is 14.9. The second kappa shape index (κ2) is 7.43. The summed E-state index contributed by atoms with van der Waals surface area (Å²) in [5, 5.41) is 0. The highest BCUT2D eigenvalue weighted by molar-refractivity contribution is 5.01.